The van der Waals surface area contributed by atoms with E-state index in [1.807, 2.05) is 18.7 Å². The maximum atomic E-state index is 11.6. The highest BCUT2D eigenvalue weighted by molar-refractivity contribution is 7.99. The van der Waals surface area contributed by atoms with Crippen LogP contribution in [-0.4, -0.2) is 46.0 Å². The molecule has 5 heteroatoms. The minimum Gasteiger partial charge on any atom is -0.478 e. The molecule has 0 aromatic heterocycles. The van der Waals surface area contributed by atoms with E-state index in [0.29, 0.717) is 6.54 Å². The fourth-order valence-electron chi connectivity index (χ4n) is 1.60. The molecule has 1 rings (SSSR count). The molecule has 0 aromatic rings. The van der Waals surface area contributed by atoms with Gasteiger partial charge in [-0.15, -0.1) is 0 Å². The lowest BCUT2D eigenvalue weighted by Crippen LogP contribution is -2.39. The number of carbonyl (C=O) groups is 2. The Morgan fingerprint density at radius 2 is 2.27 bits per heavy atom. The fourth-order valence-corrected chi connectivity index (χ4v) is 2.82. The molecule has 15 heavy (non-hydrogen) atoms. The van der Waals surface area contributed by atoms with Crippen LogP contribution in [0.3, 0.4) is 0 Å². The second-order valence-corrected chi connectivity index (χ2v) is 4.46. The lowest BCUT2D eigenvalue weighted by molar-refractivity contribution is -0.132. The second-order valence-electron chi connectivity index (χ2n) is 3.31. The van der Waals surface area contributed by atoms with Gasteiger partial charge in [0.1, 0.15) is 0 Å². The van der Waals surface area contributed by atoms with Crippen LogP contribution in [0.25, 0.3) is 0 Å². The third kappa shape index (κ3) is 3.58. The van der Waals surface area contributed by atoms with Crippen molar-refractivity contribution in [3.8, 4) is 0 Å². The van der Waals surface area contributed by atoms with Gasteiger partial charge in [0.25, 0.3) is 0 Å². The van der Waals surface area contributed by atoms with Crippen molar-refractivity contribution in [2.75, 3.05) is 18.1 Å². The van der Waals surface area contributed by atoms with E-state index in [1.165, 1.54) is 0 Å². The summed E-state index contributed by atoms with van der Waals surface area (Å²) in [6, 6.07) is 0.269. The summed E-state index contributed by atoms with van der Waals surface area (Å²) < 4.78 is 0. The molecule has 84 valence electrons. The van der Waals surface area contributed by atoms with Crippen molar-refractivity contribution in [1.82, 2.24) is 4.90 Å². The minimum absolute atomic E-state index is 0.201. The predicted octanol–water partition coefficient (Wildman–Crippen LogP) is 0.981. The Hall–Kier alpha value is -0.970. The molecule has 0 aromatic carbocycles. The van der Waals surface area contributed by atoms with Gasteiger partial charge in [-0.05, 0) is 19.1 Å². The molecule has 1 N–H and O–H groups in total. The molecule has 1 aliphatic heterocycles. The Balaban J connectivity index is 2.57. The first-order valence-corrected chi connectivity index (χ1v) is 6.10. The number of hydrogen-bond acceptors (Lipinski definition) is 3. The van der Waals surface area contributed by atoms with E-state index in [1.54, 1.807) is 4.90 Å². The molecule has 0 saturated carbocycles. The van der Waals surface area contributed by atoms with Gasteiger partial charge < -0.3 is 10.0 Å². The van der Waals surface area contributed by atoms with E-state index >= 15 is 0 Å². The van der Waals surface area contributed by atoms with E-state index in [0.717, 1.165) is 30.1 Å². The largest absolute Gasteiger partial charge is 0.478 e. The van der Waals surface area contributed by atoms with Crippen molar-refractivity contribution in [3.05, 3.63) is 12.2 Å². The van der Waals surface area contributed by atoms with E-state index in [9.17, 15) is 9.59 Å². The third-order valence-electron chi connectivity index (χ3n) is 2.34. The van der Waals surface area contributed by atoms with Crippen LogP contribution < -0.4 is 0 Å². The number of carboxylic acids is 1. The van der Waals surface area contributed by atoms with Gasteiger partial charge in [-0.1, -0.05) is 0 Å². The lowest BCUT2D eigenvalue weighted by Gasteiger charge is -2.25. The molecule has 0 radical (unpaired) electrons. The summed E-state index contributed by atoms with van der Waals surface area (Å²) in [6.07, 6.45) is 3.03. The SMILES string of the molecule is CCN(C(=O)/C=C/C(=O)O)[C@H]1CCSC1. The monoisotopic (exact) mass is 229 g/mol. The summed E-state index contributed by atoms with van der Waals surface area (Å²) in [5.74, 6) is 0.755. The summed E-state index contributed by atoms with van der Waals surface area (Å²) in [4.78, 5) is 23.6. The van der Waals surface area contributed by atoms with Crippen LogP contribution in [0.15, 0.2) is 12.2 Å². The highest BCUT2D eigenvalue weighted by Gasteiger charge is 2.24. The van der Waals surface area contributed by atoms with Gasteiger partial charge in [-0.3, -0.25) is 4.79 Å². The van der Waals surface area contributed by atoms with Crippen LogP contribution in [0.4, 0.5) is 0 Å². The Morgan fingerprint density at radius 1 is 1.53 bits per heavy atom. The van der Waals surface area contributed by atoms with E-state index in [-0.39, 0.29) is 11.9 Å². The van der Waals surface area contributed by atoms with Gasteiger partial charge in [-0.2, -0.15) is 11.8 Å². The number of amides is 1. The number of rotatable bonds is 4. The minimum atomic E-state index is -1.08. The Labute approximate surface area is 93.3 Å². The van der Waals surface area contributed by atoms with Crippen LogP contribution in [0.1, 0.15) is 13.3 Å². The molecule has 0 aliphatic carbocycles. The maximum absolute atomic E-state index is 11.6. The van der Waals surface area contributed by atoms with Crippen LogP contribution in [0, 0.1) is 0 Å². The summed E-state index contributed by atoms with van der Waals surface area (Å²) >= 11 is 1.83. The van der Waals surface area contributed by atoms with E-state index < -0.39 is 5.97 Å². The quantitative estimate of drug-likeness (QED) is 0.730. The molecule has 1 atom stereocenters. The topological polar surface area (TPSA) is 57.6 Å². The molecule has 1 heterocycles. The first-order chi connectivity index (χ1) is 7.15. The molecular formula is C10H15NO3S. The number of carbonyl (C=O) groups excluding carboxylic acids is 1. The zero-order chi connectivity index (χ0) is 11.3. The summed E-state index contributed by atoms with van der Waals surface area (Å²) in [7, 11) is 0. The first kappa shape index (κ1) is 12.1. The average Bonchev–Trinajstić information content (AvgIpc) is 2.69. The van der Waals surface area contributed by atoms with Crippen LogP contribution in [0.5, 0.6) is 0 Å². The van der Waals surface area contributed by atoms with Crippen molar-refractivity contribution < 1.29 is 14.7 Å². The predicted molar refractivity (Wildman–Crippen MR) is 59.9 cm³/mol. The molecule has 1 saturated heterocycles. The van der Waals surface area contributed by atoms with Crippen LogP contribution in [-0.2, 0) is 9.59 Å². The number of thioether (sulfide) groups is 1. The van der Waals surface area contributed by atoms with Crippen molar-refractivity contribution in [2.24, 2.45) is 0 Å². The zero-order valence-electron chi connectivity index (χ0n) is 8.68. The summed E-state index contributed by atoms with van der Waals surface area (Å²) in [5, 5.41) is 8.42. The molecule has 1 fully saturated rings. The Morgan fingerprint density at radius 3 is 2.73 bits per heavy atom. The molecule has 0 bridgehead atoms. The van der Waals surface area contributed by atoms with Gasteiger partial charge in [0.2, 0.25) is 5.91 Å². The van der Waals surface area contributed by atoms with Crippen molar-refractivity contribution >= 4 is 23.6 Å². The number of likely N-dealkylation sites (N-methyl/N-ethyl adjacent to an activating group) is 1. The molecule has 4 nitrogen and oxygen atoms in total. The van der Waals surface area contributed by atoms with E-state index in [2.05, 4.69) is 0 Å². The van der Waals surface area contributed by atoms with Gasteiger partial charge in [0, 0.05) is 30.5 Å². The van der Waals surface area contributed by atoms with E-state index in [4.69, 9.17) is 5.11 Å². The molecule has 1 aliphatic rings. The molecule has 0 unspecified atom stereocenters. The van der Waals surface area contributed by atoms with Crippen molar-refractivity contribution in [2.45, 2.75) is 19.4 Å². The highest BCUT2D eigenvalue weighted by Crippen LogP contribution is 2.22. The maximum Gasteiger partial charge on any atom is 0.328 e. The third-order valence-corrected chi connectivity index (χ3v) is 3.48. The lowest BCUT2D eigenvalue weighted by atomic mass is 10.2. The Bertz CT molecular complexity index is 272. The number of nitrogens with zero attached hydrogens (tertiary/aromatic N) is 1. The molecular weight excluding hydrogens is 214 g/mol. The Kier molecular flexibility index (Phi) is 4.68. The van der Waals surface area contributed by atoms with Crippen LogP contribution >= 0.6 is 11.8 Å². The second kappa shape index (κ2) is 5.80. The number of aliphatic carboxylic acids is 1. The van der Waals surface area contributed by atoms with Crippen molar-refractivity contribution in [3.63, 3.8) is 0 Å². The van der Waals surface area contributed by atoms with Gasteiger partial charge in [0.15, 0.2) is 0 Å². The number of carboxylic acid groups (broad SMARTS) is 1. The molecule has 1 amide bonds. The van der Waals surface area contributed by atoms with Crippen LogP contribution in [0.2, 0.25) is 0 Å². The smallest absolute Gasteiger partial charge is 0.328 e. The standard InChI is InChI=1S/C10H15NO3S/c1-2-11(8-5-6-15-7-8)9(12)3-4-10(13)14/h3-4,8H,2,5-7H2,1H3,(H,13,14)/b4-3+/t8-/m0/s1. The van der Waals surface area contributed by atoms with Gasteiger partial charge >= 0.3 is 5.97 Å². The zero-order valence-corrected chi connectivity index (χ0v) is 9.50. The normalized spacial score (nSPS) is 20.7. The number of hydrogen-bond donors (Lipinski definition) is 1. The van der Waals surface area contributed by atoms with Crippen molar-refractivity contribution in [1.29, 1.82) is 0 Å². The first-order valence-electron chi connectivity index (χ1n) is 4.94. The van der Waals surface area contributed by atoms with Gasteiger partial charge in [0.05, 0.1) is 0 Å². The van der Waals surface area contributed by atoms with Gasteiger partial charge in [-0.25, -0.2) is 4.79 Å². The average molecular weight is 229 g/mol. The fraction of sp³-hybridized carbons (Fsp3) is 0.600. The highest BCUT2D eigenvalue weighted by atomic mass is 32.2. The summed E-state index contributed by atoms with van der Waals surface area (Å²) in [5.41, 5.74) is 0. The summed E-state index contributed by atoms with van der Waals surface area (Å²) in [6.45, 7) is 2.55. The molecule has 0 spiro atoms.